The van der Waals surface area contributed by atoms with E-state index in [1.165, 1.54) is 0 Å². The van der Waals surface area contributed by atoms with Gasteiger partial charge < -0.3 is 0 Å². The SMILES string of the molecule is C=CN1C=CC=NN1. The molecule has 1 heterocycles. The van der Waals surface area contributed by atoms with Gasteiger partial charge in [-0.1, -0.05) is 6.58 Å². The van der Waals surface area contributed by atoms with Crippen molar-refractivity contribution in [1.82, 2.24) is 10.5 Å². The van der Waals surface area contributed by atoms with Crippen molar-refractivity contribution in [2.75, 3.05) is 0 Å². The predicted molar refractivity (Wildman–Crippen MR) is 32.8 cm³/mol. The third-order valence-corrected chi connectivity index (χ3v) is 0.777. The van der Waals surface area contributed by atoms with Crippen molar-refractivity contribution < 1.29 is 0 Å². The van der Waals surface area contributed by atoms with Gasteiger partial charge in [0.05, 0.1) is 6.21 Å². The van der Waals surface area contributed by atoms with Crippen molar-refractivity contribution in [3.8, 4) is 0 Å². The van der Waals surface area contributed by atoms with Gasteiger partial charge in [0.25, 0.3) is 0 Å². The fourth-order valence-electron chi connectivity index (χ4n) is 0.409. The molecular weight excluding hydrogens is 102 g/mol. The third kappa shape index (κ3) is 0.872. The normalized spacial score (nSPS) is 15.8. The molecule has 0 saturated heterocycles. The highest BCUT2D eigenvalue weighted by atomic mass is 15.6. The number of allylic oxidation sites excluding steroid dienone is 1. The molecule has 0 aromatic rings. The Kier molecular flexibility index (Phi) is 1.32. The lowest BCUT2D eigenvalue weighted by molar-refractivity contribution is 0.376. The van der Waals surface area contributed by atoms with Crippen LogP contribution in [-0.2, 0) is 0 Å². The fourth-order valence-corrected chi connectivity index (χ4v) is 0.409. The smallest absolute Gasteiger partial charge is 0.0503 e. The number of rotatable bonds is 1. The average Bonchev–Trinajstić information content (AvgIpc) is 1.90. The molecule has 0 radical (unpaired) electrons. The maximum absolute atomic E-state index is 3.72. The molecule has 3 nitrogen and oxygen atoms in total. The molecule has 3 heteroatoms. The summed E-state index contributed by atoms with van der Waals surface area (Å²) in [5, 5.41) is 5.38. The van der Waals surface area contributed by atoms with E-state index in [0.717, 1.165) is 0 Å². The summed E-state index contributed by atoms with van der Waals surface area (Å²) in [5.41, 5.74) is 2.67. The Labute approximate surface area is 48.0 Å². The van der Waals surface area contributed by atoms with Crippen molar-refractivity contribution >= 4 is 6.21 Å². The largest absolute Gasteiger partial charge is 0.256 e. The molecule has 1 N–H and O–H groups in total. The second-order valence-electron chi connectivity index (χ2n) is 1.31. The molecule has 0 aromatic carbocycles. The predicted octanol–water partition coefficient (Wildman–Crippen LogP) is 0.450. The highest BCUT2D eigenvalue weighted by molar-refractivity contribution is 5.71. The standard InChI is InChI=1S/C5H7N3/c1-2-8-5-3-4-6-7-8/h2-5,7H,1H2. The van der Waals surface area contributed by atoms with E-state index >= 15 is 0 Å². The highest BCUT2D eigenvalue weighted by Crippen LogP contribution is 1.86. The van der Waals surface area contributed by atoms with Crippen LogP contribution in [0, 0.1) is 0 Å². The lowest BCUT2D eigenvalue weighted by Crippen LogP contribution is -2.24. The van der Waals surface area contributed by atoms with Crippen LogP contribution in [0.3, 0.4) is 0 Å². The maximum Gasteiger partial charge on any atom is 0.0503 e. The molecule has 0 unspecified atom stereocenters. The summed E-state index contributed by atoms with van der Waals surface area (Å²) in [6.45, 7) is 3.52. The van der Waals surface area contributed by atoms with Gasteiger partial charge in [-0.3, -0.25) is 5.01 Å². The van der Waals surface area contributed by atoms with Crippen molar-refractivity contribution in [2.24, 2.45) is 5.10 Å². The Bertz CT molecular complexity index is 137. The van der Waals surface area contributed by atoms with Gasteiger partial charge in [0.2, 0.25) is 0 Å². The van der Waals surface area contributed by atoms with Crippen LogP contribution >= 0.6 is 0 Å². The minimum absolute atomic E-state index is 1.63. The Morgan fingerprint density at radius 1 is 1.75 bits per heavy atom. The van der Waals surface area contributed by atoms with Gasteiger partial charge in [-0.25, -0.2) is 5.53 Å². The second-order valence-corrected chi connectivity index (χ2v) is 1.31. The van der Waals surface area contributed by atoms with E-state index in [9.17, 15) is 0 Å². The molecule has 8 heavy (non-hydrogen) atoms. The summed E-state index contributed by atoms with van der Waals surface area (Å²) in [4.78, 5) is 0. The van der Waals surface area contributed by atoms with E-state index in [4.69, 9.17) is 0 Å². The first-order valence-electron chi connectivity index (χ1n) is 2.30. The van der Waals surface area contributed by atoms with Gasteiger partial charge in [-0.05, 0) is 6.08 Å². The minimum Gasteiger partial charge on any atom is -0.256 e. The first kappa shape index (κ1) is 4.90. The number of nitrogens with one attached hydrogen (secondary N) is 1. The van der Waals surface area contributed by atoms with E-state index in [0.29, 0.717) is 0 Å². The zero-order valence-corrected chi connectivity index (χ0v) is 4.41. The van der Waals surface area contributed by atoms with Gasteiger partial charge in [-0.15, -0.1) is 0 Å². The number of nitrogens with zero attached hydrogens (tertiary/aromatic N) is 2. The molecule has 0 fully saturated rings. The summed E-state index contributed by atoms with van der Waals surface area (Å²) in [7, 11) is 0. The van der Waals surface area contributed by atoms with E-state index in [1.54, 1.807) is 17.4 Å². The molecule has 0 saturated carbocycles. The quantitative estimate of drug-likeness (QED) is 0.529. The van der Waals surface area contributed by atoms with Crippen molar-refractivity contribution in [3.05, 3.63) is 25.1 Å². The monoisotopic (exact) mass is 109 g/mol. The van der Waals surface area contributed by atoms with E-state index in [-0.39, 0.29) is 0 Å². The summed E-state index contributed by atoms with van der Waals surface area (Å²) in [5.74, 6) is 0. The molecule has 0 atom stereocenters. The molecule has 0 amide bonds. The van der Waals surface area contributed by atoms with Crippen LogP contribution in [0.25, 0.3) is 0 Å². The van der Waals surface area contributed by atoms with Gasteiger partial charge in [-0.2, -0.15) is 5.10 Å². The lowest BCUT2D eigenvalue weighted by Gasteiger charge is -2.14. The summed E-state index contributed by atoms with van der Waals surface area (Å²) in [6.07, 6.45) is 6.94. The Hall–Kier alpha value is -1.25. The summed E-state index contributed by atoms with van der Waals surface area (Å²) in [6, 6.07) is 0. The van der Waals surface area contributed by atoms with Crippen LogP contribution in [0.4, 0.5) is 0 Å². The third-order valence-electron chi connectivity index (χ3n) is 0.777. The summed E-state index contributed by atoms with van der Waals surface area (Å²) >= 11 is 0. The highest BCUT2D eigenvalue weighted by Gasteiger charge is 1.87. The van der Waals surface area contributed by atoms with Gasteiger partial charge >= 0.3 is 0 Å². The first-order chi connectivity index (χ1) is 3.93. The minimum atomic E-state index is 1.63. The topological polar surface area (TPSA) is 27.6 Å². The number of hydrazine groups is 1. The lowest BCUT2D eigenvalue weighted by atomic mass is 10.6. The zero-order valence-electron chi connectivity index (χ0n) is 4.41. The van der Waals surface area contributed by atoms with Crippen LogP contribution in [0.5, 0.6) is 0 Å². The van der Waals surface area contributed by atoms with Gasteiger partial charge in [0.1, 0.15) is 0 Å². The number of hydrogen-bond acceptors (Lipinski definition) is 3. The van der Waals surface area contributed by atoms with Crippen LogP contribution in [0.1, 0.15) is 0 Å². The van der Waals surface area contributed by atoms with Crippen molar-refractivity contribution in [3.63, 3.8) is 0 Å². The fraction of sp³-hybridized carbons (Fsp3) is 0. The van der Waals surface area contributed by atoms with E-state index in [2.05, 4.69) is 17.2 Å². The Morgan fingerprint density at radius 3 is 3.00 bits per heavy atom. The zero-order chi connectivity index (χ0) is 5.82. The van der Waals surface area contributed by atoms with E-state index < -0.39 is 0 Å². The van der Waals surface area contributed by atoms with Crippen molar-refractivity contribution in [1.29, 1.82) is 0 Å². The van der Waals surface area contributed by atoms with Gasteiger partial charge in [0, 0.05) is 12.4 Å². The molecule has 1 aliphatic heterocycles. The Morgan fingerprint density at radius 2 is 2.62 bits per heavy atom. The van der Waals surface area contributed by atoms with Crippen LogP contribution in [0.2, 0.25) is 0 Å². The van der Waals surface area contributed by atoms with E-state index in [1.807, 2.05) is 12.3 Å². The molecule has 0 bridgehead atoms. The molecule has 42 valence electrons. The van der Waals surface area contributed by atoms with Crippen molar-refractivity contribution in [2.45, 2.75) is 0 Å². The van der Waals surface area contributed by atoms with Crippen LogP contribution in [0.15, 0.2) is 30.2 Å². The maximum atomic E-state index is 3.72. The number of hydrogen-bond donors (Lipinski definition) is 1. The first-order valence-corrected chi connectivity index (χ1v) is 2.30. The number of hydrazone groups is 1. The molecule has 0 aliphatic carbocycles. The second kappa shape index (κ2) is 2.16. The van der Waals surface area contributed by atoms with Gasteiger partial charge in [0.15, 0.2) is 0 Å². The van der Waals surface area contributed by atoms with Crippen LogP contribution < -0.4 is 5.53 Å². The molecular formula is C5H7N3. The van der Waals surface area contributed by atoms with Crippen LogP contribution in [-0.4, -0.2) is 11.2 Å². The molecule has 1 aliphatic rings. The average molecular weight is 109 g/mol. The molecule has 1 rings (SSSR count). The molecule has 0 aromatic heterocycles. The molecule has 0 spiro atoms. The summed E-state index contributed by atoms with van der Waals surface area (Å²) < 4.78 is 0. The Balaban J connectivity index is 2.51.